The zero-order valence-electron chi connectivity index (χ0n) is 16.5. The monoisotopic (exact) mass is 368 g/mol. The summed E-state index contributed by atoms with van der Waals surface area (Å²) in [5, 5.41) is 5.57. The van der Waals surface area contributed by atoms with Gasteiger partial charge in [0, 0.05) is 24.4 Å². The Balaban J connectivity index is 1.42. The molecule has 1 aliphatic rings. The van der Waals surface area contributed by atoms with Gasteiger partial charge in [-0.3, -0.25) is 9.59 Å². The molecule has 5 nitrogen and oxygen atoms in total. The third-order valence-electron chi connectivity index (χ3n) is 5.14. The van der Waals surface area contributed by atoms with Gasteiger partial charge in [0.15, 0.2) is 0 Å². The van der Waals surface area contributed by atoms with Crippen molar-refractivity contribution in [2.75, 3.05) is 11.9 Å². The second kappa shape index (κ2) is 7.99. The van der Waals surface area contributed by atoms with Gasteiger partial charge in [-0.05, 0) is 56.4 Å². The van der Waals surface area contributed by atoms with E-state index in [2.05, 4.69) is 17.6 Å². The van der Waals surface area contributed by atoms with Crippen LogP contribution in [0.4, 0.5) is 5.69 Å². The first-order valence-electron chi connectivity index (χ1n) is 9.56. The molecule has 2 N–H and O–H groups in total. The molecule has 1 saturated carbocycles. The van der Waals surface area contributed by atoms with E-state index in [1.165, 1.54) is 6.42 Å². The maximum atomic E-state index is 12.2. The van der Waals surface area contributed by atoms with E-state index in [4.69, 9.17) is 4.42 Å². The quantitative estimate of drug-likeness (QED) is 0.775. The predicted molar refractivity (Wildman–Crippen MR) is 106 cm³/mol. The van der Waals surface area contributed by atoms with Gasteiger partial charge in [0.2, 0.25) is 11.8 Å². The highest BCUT2D eigenvalue weighted by Gasteiger charge is 2.36. The lowest BCUT2D eigenvalue weighted by atomic mass is 10.1. The van der Waals surface area contributed by atoms with Gasteiger partial charge in [-0.25, -0.2) is 0 Å². The van der Waals surface area contributed by atoms with E-state index in [9.17, 15) is 9.59 Å². The summed E-state index contributed by atoms with van der Waals surface area (Å²) in [6.45, 7) is 8.14. The fourth-order valence-electron chi connectivity index (χ4n) is 3.51. The van der Waals surface area contributed by atoms with Crippen molar-refractivity contribution in [3.8, 4) is 0 Å². The van der Waals surface area contributed by atoms with Crippen LogP contribution in [0.2, 0.25) is 0 Å². The van der Waals surface area contributed by atoms with E-state index in [0.717, 1.165) is 33.9 Å². The zero-order chi connectivity index (χ0) is 19.6. The Morgan fingerprint density at radius 2 is 1.78 bits per heavy atom. The van der Waals surface area contributed by atoms with Crippen LogP contribution < -0.4 is 10.6 Å². The van der Waals surface area contributed by atoms with Crippen molar-refractivity contribution in [1.82, 2.24) is 5.32 Å². The van der Waals surface area contributed by atoms with Crippen LogP contribution in [0.1, 0.15) is 53.9 Å². The van der Waals surface area contributed by atoms with Crippen LogP contribution in [0.15, 0.2) is 28.7 Å². The summed E-state index contributed by atoms with van der Waals surface area (Å²) >= 11 is 0. The molecule has 0 unspecified atom stereocenters. The first kappa shape index (κ1) is 19.2. The highest BCUT2D eigenvalue weighted by molar-refractivity contribution is 5.95. The van der Waals surface area contributed by atoms with Gasteiger partial charge in [0.1, 0.15) is 11.5 Å². The van der Waals surface area contributed by atoms with Gasteiger partial charge < -0.3 is 15.1 Å². The Hall–Kier alpha value is -2.56. The fraction of sp³-hybridized carbons (Fsp3) is 0.455. The lowest BCUT2D eigenvalue weighted by molar-refractivity contribution is -0.124. The van der Waals surface area contributed by atoms with E-state index in [-0.39, 0.29) is 18.4 Å². The number of benzene rings is 1. The number of hydrogen-bond donors (Lipinski definition) is 2. The molecule has 0 saturated heterocycles. The molecule has 5 heteroatoms. The number of amides is 2. The molecule has 2 amide bonds. The summed E-state index contributed by atoms with van der Waals surface area (Å²) in [5.41, 5.74) is 4.02. The van der Waals surface area contributed by atoms with Crippen molar-refractivity contribution in [3.63, 3.8) is 0 Å². The van der Waals surface area contributed by atoms with Gasteiger partial charge in [-0.15, -0.1) is 0 Å². The summed E-state index contributed by atoms with van der Waals surface area (Å²) in [6.07, 6.45) is 2.04. The molecule has 1 aromatic carbocycles. The van der Waals surface area contributed by atoms with Gasteiger partial charge in [-0.2, -0.15) is 0 Å². The molecule has 1 aliphatic carbocycles. The number of carbonyl (C=O) groups is 2. The third-order valence-corrected chi connectivity index (χ3v) is 5.14. The largest absolute Gasteiger partial charge is 0.466 e. The van der Waals surface area contributed by atoms with Gasteiger partial charge in [-0.1, -0.05) is 24.6 Å². The summed E-state index contributed by atoms with van der Waals surface area (Å²) in [7, 11) is 0. The Labute approximate surface area is 160 Å². The van der Waals surface area contributed by atoms with Crippen LogP contribution in [0.5, 0.6) is 0 Å². The van der Waals surface area contributed by atoms with Crippen LogP contribution in [0, 0.1) is 26.7 Å². The highest BCUT2D eigenvalue weighted by Crippen LogP contribution is 2.47. The van der Waals surface area contributed by atoms with Crippen molar-refractivity contribution >= 4 is 17.5 Å². The number of nitrogens with one attached hydrogen (secondary N) is 2. The molecule has 27 heavy (non-hydrogen) atoms. The minimum absolute atomic E-state index is 0.0332. The summed E-state index contributed by atoms with van der Waals surface area (Å²) in [5.74, 6) is 2.73. The molecule has 2 aromatic rings. The molecule has 2 atom stereocenters. The normalized spacial score (nSPS) is 18.2. The maximum absolute atomic E-state index is 12.2. The molecule has 144 valence electrons. The fourth-order valence-corrected chi connectivity index (χ4v) is 3.51. The SMILES string of the molecule is Cc1cc(C)c(NC(=O)CNC(=O)CCc2ccc([C@@H]3C[C@H]3C)o2)c(C)c1. The van der Waals surface area contributed by atoms with Crippen LogP contribution in [0.3, 0.4) is 0 Å². The average Bonchev–Trinajstić information content (AvgIpc) is 3.15. The number of rotatable bonds is 7. The average molecular weight is 368 g/mol. The standard InChI is InChI=1S/C22H28N2O3/c1-13-9-15(3)22(16(4)10-13)24-21(26)12-23-20(25)8-6-17-5-7-19(27-17)18-11-14(18)2/h5,7,9-10,14,18H,6,8,11-12H2,1-4H3,(H,23,25)(H,24,26)/t14-,18-/m1/s1. The second-order valence-electron chi connectivity index (χ2n) is 7.72. The topological polar surface area (TPSA) is 71.3 Å². The van der Waals surface area contributed by atoms with Crippen molar-refractivity contribution in [3.05, 3.63) is 52.5 Å². The molecule has 1 aromatic heterocycles. The van der Waals surface area contributed by atoms with Crippen molar-refractivity contribution in [1.29, 1.82) is 0 Å². The molecule has 1 heterocycles. The van der Waals surface area contributed by atoms with Gasteiger partial charge >= 0.3 is 0 Å². The Bertz CT molecular complexity index is 830. The lowest BCUT2D eigenvalue weighted by Crippen LogP contribution is -2.33. The summed E-state index contributed by atoms with van der Waals surface area (Å²) < 4.78 is 5.81. The summed E-state index contributed by atoms with van der Waals surface area (Å²) in [4.78, 5) is 24.2. The highest BCUT2D eigenvalue weighted by atomic mass is 16.3. The third kappa shape index (κ3) is 5.00. The minimum atomic E-state index is -0.221. The summed E-state index contributed by atoms with van der Waals surface area (Å²) in [6, 6.07) is 8.02. The molecule has 1 fully saturated rings. The van der Waals surface area contributed by atoms with Crippen molar-refractivity contribution < 1.29 is 14.0 Å². The van der Waals surface area contributed by atoms with E-state index in [1.54, 1.807) is 0 Å². The minimum Gasteiger partial charge on any atom is -0.466 e. The zero-order valence-corrected chi connectivity index (χ0v) is 16.5. The molecule has 3 rings (SSSR count). The molecule has 0 spiro atoms. The molecular weight excluding hydrogens is 340 g/mol. The lowest BCUT2D eigenvalue weighted by Gasteiger charge is -2.13. The molecule has 0 bridgehead atoms. The Morgan fingerprint density at radius 3 is 2.41 bits per heavy atom. The van der Waals surface area contributed by atoms with E-state index in [0.29, 0.717) is 24.7 Å². The molecule has 0 aliphatic heterocycles. The van der Waals surface area contributed by atoms with Crippen molar-refractivity contribution in [2.24, 2.45) is 5.92 Å². The number of anilines is 1. The second-order valence-corrected chi connectivity index (χ2v) is 7.72. The number of hydrogen-bond acceptors (Lipinski definition) is 3. The smallest absolute Gasteiger partial charge is 0.243 e. The Morgan fingerprint density at radius 1 is 1.11 bits per heavy atom. The number of aryl methyl sites for hydroxylation is 4. The molecular formula is C22H28N2O3. The van der Waals surface area contributed by atoms with E-state index >= 15 is 0 Å². The number of furan rings is 1. The first-order valence-corrected chi connectivity index (χ1v) is 9.56. The number of carbonyl (C=O) groups excluding carboxylic acids is 2. The van der Waals surface area contributed by atoms with Crippen LogP contribution >= 0.6 is 0 Å². The Kier molecular flexibility index (Phi) is 5.68. The van der Waals surface area contributed by atoms with Gasteiger partial charge in [0.05, 0.1) is 6.54 Å². The van der Waals surface area contributed by atoms with Crippen molar-refractivity contribution in [2.45, 2.75) is 52.9 Å². The first-order chi connectivity index (χ1) is 12.8. The molecule has 0 radical (unpaired) electrons. The van der Waals surface area contributed by atoms with Crippen LogP contribution in [-0.4, -0.2) is 18.4 Å². The maximum Gasteiger partial charge on any atom is 0.243 e. The van der Waals surface area contributed by atoms with E-state index < -0.39 is 0 Å². The van der Waals surface area contributed by atoms with E-state index in [1.807, 2.05) is 45.0 Å². The predicted octanol–water partition coefficient (Wildman–Crippen LogP) is 4.02. The van der Waals surface area contributed by atoms with Gasteiger partial charge in [0.25, 0.3) is 0 Å². The van der Waals surface area contributed by atoms with Crippen LogP contribution in [0.25, 0.3) is 0 Å². The van der Waals surface area contributed by atoms with Crippen LogP contribution in [-0.2, 0) is 16.0 Å².